The van der Waals surface area contributed by atoms with Crippen molar-refractivity contribution in [2.45, 2.75) is 25.8 Å². The van der Waals surface area contributed by atoms with Gasteiger partial charge in [0.05, 0.1) is 12.2 Å². The maximum atomic E-state index is 4.23. The van der Waals surface area contributed by atoms with Crippen molar-refractivity contribution in [1.82, 2.24) is 25.1 Å². The zero-order chi connectivity index (χ0) is 16.9. The number of nitrogens with zero attached hydrogens (tertiary/aromatic N) is 5. The summed E-state index contributed by atoms with van der Waals surface area (Å²) in [5.74, 6) is 1.69. The Morgan fingerprint density at radius 1 is 0.880 bits per heavy atom. The smallest absolute Gasteiger partial charge is 0.170 e. The second kappa shape index (κ2) is 7.57. The van der Waals surface area contributed by atoms with Crippen LogP contribution in [0.15, 0.2) is 60.7 Å². The standard InChI is InChI=1S/C20H23N5/c1-3-7-17(8-4-1)15-18-11-13-24(14-12-18)16-20-21-22-23-25(20)19-9-5-2-6-10-19/h1-10,18H,11-16H2. The van der Waals surface area contributed by atoms with Crippen LogP contribution in [0.3, 0.4) is 0 Å². The highest BCUT2D eigenvalue weighted by molar-refractivity contribution is 5.30. The van der Waals surface area contributed by atoms with Gasteiger partial charge in [0, 0.05) is 0 Å². The SMILES string of the molecule is c1ccc(CC2CCN(Cc3nnnn3-c3ccccc3)CC2)cc1. The molecule has 0 spiro atoms. The summed E-state index contributed by atoms with van der Waals surface area (Å²) in [5.41, 5.74) is 2.47. The molecule has 3 aromatic rings. The minimum absolute atomic E-state index is 0.781. The van der Waals surface area contributed by atoms with E-state index in [2.05, 4.69) is 50.8 Å². The van der Waals surface area contributed by atoms with Crippen molar-refractivity contribution in [2.24, 2.45) is 5.92 Å². The Balaban J connectivity index is 1.34. The van der Waals surface area contributed by atoms with Gasteiger partial charge in [-0.05, 0) is 66.4 Å². The van der Waals surface area contributed by atoms with Crippen molar-refractivity contribution >= 4 is 0 Å². The number of piperidine rings is 1. The third kappa shape index (κ3) is 3.94. The van der Waals surface area contributed by atoms with E-state index >= 15 is 0 Å². The van der Waals surface area contributed by atoms with Crippen LogP contribution in [0, 0.1) is 5.92 Å². The molecule has 0 saturated carbocycles. The summed E-state index contributed by atoms with van der Waals surface area (Å²) in [5, 5.41) is 12.3. The molecule has 0 atom stereocenters. The van der Waals surface area contributed by atoms with Crippen molar-refractivity contribution in [1.29, 1.82) is 0 Å². The van der Waals surface area contributed by atoms with E-state index in [4.69, 9.17) is 0 Å². The largest absolute Gasteiger partial charge is 0.296 e. The maximum absolute atomic E-state index is 4.23. The van der Waals surface area contributed by atoms with Crippen molar-refractivity contribution in [3.8, 4) is 5.69 Å². The minimum atomic E-state index is 0.781. The topological polar surface area (TPSA) is 46.8 Å². The first-order chi connectivity index (χ1) is 12.4. The molecule has 2 aromatic carbocycles. The van der Waals surface area contributed by atoms with Crippen LogP contribution in [0.25, 0.3) is 5.69 Å². The van der Waals surface area contributed by atoms with Crippen LogP contribution in [0.5, 0.6) is 0 Å². The third-order valence-corrected chi connectivity index (χ3v) is 4.97. The van der Waals surface area contributed by atoms with Gasteiger partial charge >= 0.3 is 0 Å². The fourth-order valence-electron chi connectivity index (χ4n) is 3.57. The summed E-state index contributed by atoms with van der Waals surface area (Å²) in [6, 6.07) is 20.9. The van der Waals surface area contributed by atoms with Gasteiger partial charge in [-0.15, -0.1) is 5.10 Å². The Morgan fingerprint density at radius 2 is 1.56 bits per heavy atom. The van der Waals surface area contributed by atoms with Crippen LogP contribution in [-0.2, 0) is 13.0 Å². The van der Waals surface area contributed by atoms with E-state index in [1.54, 1.807) is 0 Å². The van der Waals surface area contributed by atoms with E-state index in [9.17, 15) is 0 Å². The summed E-state index contributed by atoms with van der Waals surface area (Å²) in [7, 11) is 0. The summed E-state index contributed by atoms with van der Waals surface area (Å²) in [6.45, 7) is 3.03. The number of hydrogen-bond acceptors (Lipinski definition) is 4. The van der Waals surface area contributed by atoms with Crippen LogP contribution in [-0.4, -0.2) is 38.2 Å². The second-order valence-corrected chi connectivity index (χ2v) is 6.75. The average molecular weight is 333 g/mol. The van der Waals surface area contributed by atoms with Crippen LogP contribution in [0.1, 0.15) is 24.2 Å². The molecule has 0 N–H and O–H groups in total. The van der Waals surface area contributed by atoms with E-state index in [1.165, 1.54) is 24.8 Å². The van der Waals surface area contributed by atoms with Gasteiger partial charge < -0.3 is 0 Å². The third-order valence-electron chi connectivity index (χ3n) is 4.97. The first-order valence-corrected chi connectivity index (χ1v) is 8.97. The van der Waals surface area contributed by atoms with Gasteiger partial charge in [0.2, 0.25) is 0 Å². The fraction of sp³-hybridized carbons (Fsp3) is 0.350. The lowest BCUT2D eigenvalue weighted by molar-refractivity contribution is 0.172. The molecule has 2 heterocycles. The van der Waals surface area contributed by atoms with Crippen molar-refractivity contribution in [2.75, 3.05) is 13.1 Å². The number of rotatable bonds is 5. The monoisotopic (exact) mass is 333 g/mol. The molecule has 0 bridgehead atoms. The molecule has 1 fully saturated rings. The zero-order valence-electron chi connectivity index (χ0n) is 14.3. The highest BCUT2D eigenvalue weighted by Gasteiger charge is 2.21. The van der Waals surface area contributed by atoms with Gasteiger partial charge in [0.25, 0.3) is 0 Å². The number of aromatic nitrogens is 4. The molecule has 5 heteroatoms. The molecule has 128 valence electrons. The highest BCUT2D eigenvalue weighted by atomic mass is 15.5. The average Bonchev–Trinajstić information content (AvgIpc) is 3.13. The summed E-state index contributed by atoms with van der Waals surface area (Å²) >= 11 is 0. The lowest BCUT2D eigenvalue weighted by Gasteiger charge is -2.31. The van der Waals surface area contributed by atoms with Crippen LogP contribution in [0.4, 0.5) is 0 Å². The second-order valence-electron chi connectivity index (χ2n) is 6.75. The van der Waals surface area contributed by atoms with Gasteiger partial charge in [-0.2, -0.15) is 4.68 Å². The highest BCUT2D eigenvalue weighted by Crippen LogP contribution is 2.22. The van der Waals surface area contributed by atoms with Gasteiger partial charge in [0.1, 0.15) is 0 Å². The predicted molar refractivity (Wildman–Crippen MR) is 97.3 cm³/mol. The Hall–Kier alpha value is -2.53. The molecule has 25 heavy (non-hydrogen) atoms. The number of tetrazole rings is 1. The Labute approximate surface area is 148 Å². The summed E-state index contributed by atoms with van der Waals surface area (Å²) < 4.78 is 1.84. The van der Waals surface area contributed by atoms with E-state index < -0.39 is 0 Å². The molecule has 1 aliphatic rings. The molecule has 5 nitrogen and oxygen atoms in total. The Bertz CT molecular complexity index is 776. The molecule has 4 rings (SSSR count). The molecule has 0 unspecified atom stereocenters. The van der Waals surface area contributed by atoms with Gasteiger partial charge in [-0.3, -0.25) is 4.90 Å². The molecule has 1 saturated heterocycles. The maximum Gasteiger partial charge on any atom is 0.170 e. The molecular weight excluding hydrogens is 310 g/mol. The van der Waals surface area contributed by atoms with E-state index in [-0.39, 0.29) is 0 Å². The number of benzene rings is 2. The van der Waals surface area contributed by atoms with Crippen molar-refractivity contribution in [3.05, 3.63) is 72.1 Å². The van der Waals surface area contributed by atoms with Gasteiger partial charge in [0.15, 0.2) is 5.82 Å². The Kier molecular flexibility index (Phi) is 4.84. The number of likely N-dealkylation sites (tertiary alicyclic amines) is 1. The lowest BCUT2D eigenvalue weighted by Crippen LogP contribution is -2.34. The van der Waals surface area contributed by atoms with Crippen LogP contribution < -0.4 is 0 Å². The van der Waals surface area contributed by atoms with Crippen molar-refractivity contribution in [3.63, 3.8) is 0 Å². The van der Waals surface area contributed by atoms with Gasteiger partial charge in [-0.1, -0.05) is 48.5 Å². The molecule has 1 aliphatic heterocycles. The lowest BCUT2D eigenvalue weighted by atomic mass is 9.90. The summed E-state index contributed by atoms with van der Waals surface area (Å²) in [6.07, 6.45) is 3.67. The predicted octanol–water partition coefficient (Wildman–Crippen LogP) is 3.12. The molecule has 0 radical (unpaired) electrons. The minimum Gasteiger partial charge on any atom is -0.296 e. The van der Waals surface area contributed by atoms with E-state index in [0.29, 0.717) is 0 Å². The molecule has 1 aromatic heterocycles. The van der Waals surface area contributed by atoms with Gasteiger partial charge in [-0.25, -0.2) is 0 Å². The molecular formula is C20H23N5. The number of para-hydroxylation sites is 1. The normalized spacial score (nSPS) is 16.2. The Morgan fingerprint density at radius 3 is 2.28 bits per heavy atom. The van der Waals surface area contributed by atoms with Crippen LogP contribution >= 0.6 is 0 Å². The number of hydrogen-bond donors (Lipinski definition) is 0. The van der Waals surface area contributed by atoms with Crippen LogP contribution in [0.2, 0.25) is 0 Å². The molecule has 0 amide bonds. The fourth-order valence-corrected chi connectivity index (χ4v) is 3.57. The van der Waals surface area contributed by atoms with E-state index in [1.807, 2.05) is 35.0 Å². The zero-order valence-corrected chi connectivity index (χ0v) is 14.3. The summed E-state index contributed by atoms with van der Waals surface area (Å²) in [4.78, 5) is 2.46. The van der Waals surface area contributed by atoms with E-state index in [0.717, 1.165) is 37.1 Å². The first-order valence-electron chi connectivity index (χ1n) is 8.97. The molecule has 0 aliphatic carbocycles. The first kappa shape index (κ1) is 16.0. The van der Waals surface area contributed by atoms with Crippen molar-refractivity contribution < 1.29 is 0 Å². The quantitative estimate of drug-likeness (QED) is 0.720.